The van der Waals surface area contributed by atoms with Gasteiger partial charge in [-0.05, 0) is 20.3 Å². The Morgan fingerprint density at radius 1 is 1.10 bits per heavy atom. The fourth-order valence-electron chi connectivity index (χ4n) is 1.82. The highest BCUT2D eigenvalue weighted by Crippen LogP contribution is 2.11. The Bertz CT molecular complexity index is 552. The van der Waals surface area contributed by atoms with Gasteiger partial charge >= 0.3 is 0 Å². The van der Waals surface area contributed by atoms with Crippen LogP contribution in [0.4, 0.5) is 11.8 Å². The molecule has 5 nitrogen and oxygen atoms in total. The van der Waals surface area contributed by atoms with Crippen molar-refractivity contribution in [2.75, 3.05) is 23.7 Å². The van der Waals surface area contributed by atoms with E-state index in [9.17, 15) is 0 Å². The molecule has 2 aromatic heterocycles. The van der Waals surface area contributed by atoms with Gasteiger partial charge < -0.3 is 10.6 Å². The minimum atomic E-state index is 0.693. The van der Waals surface area contributed by atoms with E-state index in [2.05, 4.69) is 37.9 Å². The van der Waals surface area contributed by atoms with E-state index in [-0.39, 0.29) is 0 Å². The van der Waals surface area contributed by atoms with E-state index in [0.29, 0.717) is 5.95 Å². The molecule has 6 heteroatoms. The molecule has 20 heavy (non-hydrogen) atoms. The number of anilines is 2. The predicted molar refractivity (Wildman–Crippen MR) is 84.6 cm³/mol. The standard InChI is InChI=1S/C14H21N5S/c1-4-6-16-14-17-10(2)8-13(19-14)15-7-5-12-9-20-11(3)18-12/h8-9H,4-7H2,1-3H3,(H2,15,16,17,19). The van der Waals surface area contributed by atoms with Gasteiger partial charge in [-0.3, -0.25) is 0 Å². The number of aromatic nitrogens is 3. The molecule has 0 radical (unpaired) electrons. The highest BCUT2D eigenvalue weighted by atomic mass is 32.1. The molecule has 0 saturated heterocycles. The molecule has 2 heterocycles. The van der Waals surface area contributed by atoms with Crippen molar-refractivity contribution in [2.45, 2.75) is 33.6 Å². The summed E-state index contributed by atoms with van der Waals surface area (Å²) in [4.78, 5) is 13.3. The summed E-state index contributed by atoms with van der Waals surface area (Å²) < 4.78 is 0. The molecule has 2 rings (SSSR count). The van der Waals surface area contributed by atoms with Crippen LogP contribution in [0.2, 0.25) is 0 Å². The second-order valence-corrected chi connectivity index (χ2v) is 5.74. The van der Waals surface area contributed by atoms with E-state index in [0.717, 1.165) is 48.1 Å². The van der Waals surface area contributed by atoms with Crippen molar-refractivity contribution in [3.63, 3.8) is 0 Å². The van der Waals surface area contributed by atoms with Gasteiger partial charge in [0, 0.05) is 36.7 Å². The summed E-state index contributed by atoms with van der Waals surface area (Å²) in [5, 5.41) is 9.77. The second kappa shape index (κ2) is 7.19. The van der Waals surface area contributed by atoms with E-state index in [1.165, 1.54) is 0 Å². The van der Waals surface area contributed by atoms with Crippen molar-refractivity contribution in [3.8, 4) is 0 Å². The largest absolute Gasteiger partial charge is 0.370 e. The SMILES string of the molecule is CCCNc1nc(C)cc(NCCc2csc(C)n2)n1. The van der Waals surface area contributed by atoms with E-state index < -0.39 is 0 Å². The summed E-state index contributed by atoms with van der Waals surface area (Å²) in [5.41, 5.74) is 2.10. The minimum absolute atomic E-state index is 0.693. The third kappa shape index (κ3) is 4.45. The van der Waals surface area contributed by atoms with Gasteiger partial charge in [0.05, 0.1) is 10.7 Å². The van der Waals surface area contributed by atoms with Crippen molar-refractivity contribution in [2.24, 2.45) is 0 Å². The summed E-state index contributed by atoms with van der Waals surface area (Å²) >= 11 is 1.69. The Morgan fingerprint density at radius 3 is 2.65 bits per heavy atom. The molecule has 2 N–H and O–H groups in total. The Labute approximate surface area is 123 Å². The molecule has 0 aliphatic rings. The van der Waals surface area contributed by atoms with Crippen molar-refractivity contribution >= 4 is 23.1 Å². The maximum atomic E-state index is 4.46. The van der Waals surface area contributed by atoms with Crippen LogP contribution in [0.5, 0.6) is 0 Å². The first-order valence-corrected chi connectivity index (χ1v) is 7.79. The number of hydrogen-bond acceptors (Lipinski definition) is 6. The molecule has 0 spiro atoms. The molecule has 0 unspecified atom stereocenters. The van der Waals surface area contributed by atoms with E-state index in [1.807, 2.05) is 19.9 Å². The van der Waals surface area contributed by atoms with Crippen LogP contribution in [-0.2, 0) is 6.42 Å². The fourth-order valence-corrected chi connectivity index (χ4v) is 2.46. The molecule has 2 aromatic rings. The summed E-state index contributed by atoms with van der Waals surface area (Å²) in [6.45, 7) is 7.85. The molecule has 0 atom stereocenters. The van der Waals surface area contributed by atoms with Crippen molar-refractivity contribution in [3.05, 3.63) is 27.8 Å². The molecular weight excluding hydrogens is 270 g/mol. The third-order valence-electron chi connectivity index (χ3n) is 2.74. The lowest BCUT2D eigenvalue weighted by Crippen LogP contribution is -2.10. The third-order valence-corrected chi connectivity index (χ3v) is 3.56. The van der Waals surface area contributed by atoms with Gasteiger partial charge in [0.25, 0.3) is 0 Å². The normalized spacial score (nSPS) is 10.6. The second-order valence-electron chi connectivity index (χ2n) is 4.68. The van der Waals surface area contributed by atoms with Gasteiger partial charge in [0.15, 0.2) is 0 Å². The molecule has 0 aromatic carbocycles. The first kappa shape index (κ1) is 14.7. The average molecular weight is 291 g/mol. The maximum absolute atomic E-state index is 4.46. The monoisotopic (exact) mass is 291 g/mol. The van der Waals surface area contributed by atoms with Crippen LogP contribution < -0.4 is 10.6 Å². The molecule has 0 aliphatic heterocycles. The van der Waals surface area contributed by atoms with Crippen LogP contribution in [-0.4, -0.2) is 28.0 Å². The number of nitrogens with one attached hydrogen (secondary N) is 2. The summed E-state index contributed by atoms with van der Waals surface area (Å²) in [5.74, 6) is 1.56. The molecule has 0 amide bonds. The van der Waals surface area contributed by atoms with Crippen LogP contribution in [0.1, 0.15) is 29.7 Å². The van der Waals surface area contributed by atoms with E-state index >= 15 is 0 Å². The average Bonchev–Trinajstić information content (AvgIpc) is 2.81. The Balaban J connectivity index is 1.89. The van der Waals surface area contributed by atoms with Crippen LogP contribution in [0.15, 0.2) is 11.4 Å². The first-order valence-electron chi connectivity index (χ1n) is 6.92. The van der Waals surface area contributed by atoms with Gasteiger partial charge in [-0.2, -0.15) is 4.98 Å². The lowest BCUT2D eigenvalue weighted by molar-refractivity contribution is 0.933. The number of rotatable bonds is 7. The van der Waals surface area contributed by atoms with Crippen LogP contribution in [0, 0.1) is 13.8 Å². The first-order chi connectivity index (χ1) is 9.67. The van der Waals surface area contributed by atoms with Gasteiger partial charge in [0.2, 0.25) is 5.95 Å². The Kier molecular flexibility index (Phi) is 5.29. The van der Waals surface area contributed by atoms with Crippen LogP contribution in [0.25, 0.3) is 0 Å². The summed E-state index contributed by atoms with van der Waals surface area (Å²) in [6.07, 6.45) is 1.97. The summed E-state index contributed by atoms with van der Waals surface area (Å²) in [6, 6.07) is 1.96. The zero-order valence-electron chi connectivity index (χ0n) is 12.2. The summed E-state index contributed by atoms with van der Waals surface area (Å²) in [7, 11) is 0. The van der Waals surface area contributed by atoms with Crippen LogP contribution in [0.3, 0.4) is 0 Å². The molecule has 0 aliphatic carbocycles. The van der Waals surface area contributed by atoms with Gasteiger partial charge in [-0.25, -0.2) is 9.97 Å². The van der Waals surface area contributed by atoms with Crippen molar-refractivity contribution in [1.82, 2.24) is 15.0 Å². The highest BCUT2D eigenvalue weighted by Gasteiger charge is 2.02. The lowest BCUT2D eigenvalue weighted by Gasteiger charge is -2.09. The highest BCUT2D eigenvalue weighted by molar-refractivity contribution is 7.09. The topological polar surface area (TPSA) is 62.7 Å². The number of nitrogens with zero attached hydrogens (tertiary/aromatic N) is 3. The van der Waals surface area contributed by atoms with Gasteiger partial charge in [-0.1, -0.05) is 6.92 Å². The van der Waals surface area contributed by atoms with Crippen molar-refractivity contribution in [1.29, 1.82) is 0 Å². The molecule has 0 saturated carbocycles. The quantitative estimate of drug-likeness (QED) is 0.821. The number of thiazole rings is 1. The van der Waals surface area contributed by atoms with Crippen LogP contribution >= 0.6 is 11.3 Å². The number of hydrogen-bond donors (Lipinski definition) is 2. The lowest BCUT2D eigenvalue weighted by atomic mass is 10.3. The van der Waals surface area contributed by atoms with E-state index in [4.69, 9.17) is 0 Å². The predicted octanol–water partition coefficient (Wildman–Crippen LogP) is 3.03. The minimum Gasteiger partial charge on any atom is -0.370 e. The number of aryl methyl sites for hydroxylation is 2. The van der Waals surface area contributed by atoms with Gasteiger partial charge in [0.1, 0.15) is 5.82 Å². The molecule has 0 bridgehead atoms. The molecule has 108 valence electrons. The maximum Gasteiger partial charge on any atom is 0.224 e. The fraction of sp³-hybridized carbons (Fsp3) is 0.500. The van der Waals surface area contributed by atoms with Gasteiger partial charge in [-0.15, -0.1) is 11.3 Å². The van der Waals surface area contributed by atoms with E-state index in [1.54, 1.807) is 11.3 Å². The Hall–Kier alpha value is -1.69. The molecular formula is C14H21N5S. The van der Waals surface area contributed by atoms with Crippen molar-refractivity contribution < 1.29 is 0 Å². The molecule has 0 fully saturated rings. The zero-order chi connectivity index (χ0) is 14.4. The zero-order valence-corrected chi connectivity index (χ0v) is 13.0. The Morgan fingerprint density at radius 2 is 1.95 bits per heavy atom. The smallest absolute Gasteiger partial charge is 0.224 e.